The number of ether oxygens (including phenoxy) is 1. The first kappa shape index (κ1) is 21.7. The SMILES string of the molecule is CCc1cccc(C(=O)N=S(C)(=O)C2CCN(C(=O)c3occ4c3CCOC4)CC2)n1. The zero-order chi connectivity index (χ0) is 22.0. The third-order valence-electron chi connectivity index (χ3n) is 5.93. The van der Waals surface area contributed by atoms with Gasteiger partial charge in [-0.1, -0.05) is 13.0 Å². The van der Waals surface area contributed by atoms with Gasteiger partial charge in [-0.05, 0) is 31.4 Å². The Labute approximate surface area is 182 Å². The van der Waals surface area contributed by atoms with Gasteiger partial charge in [-0.2, -0.15) is 4.36 Å². The number of amides is 2. The summed E-state index contributed by atoms with van der Waals surface area (Å²) in [5.74, 6) is -0.306. The summed E-state index contributed by atoms with van der Waals surface area (Å²) < 4.78 is 28.2. The number of hydrogen-bond donors (Lipinski definition) is 0. The second-order valence-corrected chi connectivity index (χ2v) is 10.6. The first-order valence-corrected chi connectivity index (χ1v) is 12.5. The fraction of sp³-hybridized carbons (Fsp3) is 0.500. The van der Waals surface area contributed by atoms with Gasteiger partial charge in [-0.15, -0.1) is 0 Å². The molecule has 0 radical (unpaired) electrons. The Morgan fingerprint density at radius 3 is 2.81 bits per heavy atom. The maximum absolute atomic E-state index is 13.2. The number of likely N-dealkylation sites (tertiary alicyclic amines) is 1. The van der Waals surface area contributed by atoms with Gasteiger partial charge in [0.15, 0.2) is 5.76 Å². The summed E-state index contributed by atoms with van der Waals surface area (Å²) in [4.78, 5) is 31.5. The van der Waals surface area contributed by atoms with E-state index in [1.54, 1.807) is 23.3 Å². The third kappa shape index (κ3) is 4.57. The summed E-state index contributed by atoms with van der Waals surface area (Å²) in [6, 6.07) is 5.20. The molecule has 4 heterocycles. The number of rotatable bonds is 4. The van der Waals surface area contributed by atoms with E-state index in [2.05, 4.69) is 9.35 Å². The molecule has 1 fully saturated rings. The zero-order valence-corrected chi connectivity index (χ0v) is 18.7. The van der Waals surface area contributed by atoms with Crippen LogP contribution in [0.5, 0.6) is 0 Å². The van der Waals surface area contributed by atoms with Gasteiger partial charge in [0.25, 0.3) is 5.91 Å². The lowest BCUT2D eigenvalue weighted by molar-refractivity contribution is 0.0689. The fourth-order valence-electron chi connectivity index (χ4n) is 4.07. The molecule has 0 spiro atoms. The van der Waals surface area contributed by atoms with Crippen LogP contribution in [-0.2, 0) is 33.9 Å². The highest BCUT2D eigenvalue weighted by Crippen LogP contribution is 2.26. The van der Waals surface area contributed by atoms with Crippen molar-refractivity contribution < 1.29 is 23.0 Å². The smallest absolute Gasteiger partial charge is 0.303 e. The van der Waals surface area contributed by atoms with Crippen molar-refractivity contribution in [2.24, 2.45) is 4.36 Å². The van der Waals surface area contributed by atoms with E-state index in [1.807, 2.05) is 13.0 Å². The summed E-state index contributed by atoms with van der Waals surface area (Å²) in [5, 5.41) is -0.256. The number of aromatic nitrogens is 1. The number of carbonyl (C=O) groups is 2. The largest absolute Gasteiger partial charge is 0.458 e. The number of furan rings is 1. The predicted octanol–water partition coefficient (Wildman–Crippen LogP) is 2.85. The standard InChI is InChI=1S/C22H27N3O5S/c1-3-16-5-4-6-19(23-16)21(26)24-31(2,28)17-7-10-25(11-8-17)22(27)20-18-9-12-29-13-15(18)14-30-20/h4-6,14,17H,3,7-13H2,1-2H3. The van der Waals surface area contributed by atoms with Gasteiger partial charge in [-0.25, -0.2) is 9.19 Å². The van der Waals surface area contributed by atoms with Gasteiger partial charge in [0, 0.05) is 47.8 Å². The molecule has 8 nitrogen and oxygen atoms in total. The topological polar surface area (TPSA) is 102 Å². The summed E-state index contributed by atoms with van der Waals surface area (Å²) in [6.45, 7) is 3.91. The van der Waals surface area contributed by atoms with Crippen LogP contribution < -0.4 is 0 Å². The van der Waals surface area contributed by atoms with Crippen molar-refractivity contribution in [3.05, 3.63) is 52.7 Å². The van der Waals surface area contributed by atoms with E-state index >= 15 is 0 Å². The fourth-order valence-corrected chi connectivity index (χ4v) is 5.73. The van der Waals surface area contributed by atoms with Crippen LogP contribution >= 0.6 is 0 Å². The number of hydrogen-bond acceptors (Lipinski definition) is 6. The number of nitrogens with zero attached hydrogens (tertiary/aromatic N) is 3. The minimum atomic E-state index is -2.76. The number of carbonyl (C=O) groups excluding carboxylic acids is 2. The molecule has 0 bridgehead atoms. The van der Waals surface area contributed by atoms with Gasteiger partial charge in [0.1, 0.15) is 5.69 Å². The van der Waals surface area contributed by atoms with Crippen molar-refractivity contribution in [2.45, 2.75) is 44.5 Å². The minimum Gasteiger partial charge on any atom is -0.458 e. The summed E-state index contributed by atoms with van der Waals surface area (Å²) in [6.07, 6.45) is 5.54. The van der Waals surface area contributed by atoms with Crippen LogP contribution in [-0.4, -0.2) is 57.1 Å². The van der Waals surface area contributed by atoms with Crippen LogP contribution in [0.1, 0.15) is 57.6 Å². The highest BCUT2D eigenvalue weighted by atomic mass is 32.2. The van der Waals surface area contributed by atoms with Crippen LogP contribution in [0.2, 0.25) is 0 Å². The molecule has 1 saturated heterocycles. The Hall–Kier alpha value is -2.52. The molecule has 0 aromatic carbocycles. The Balaban J connectivity index is 1.43. The van der Waals surface area contributed by atoms with E-state index in [9.17, 15) is 13.8 Å². The maximum Gasteiger partial charge on any atom is 0.303 e. The second-order valence-electron chi connectivity index (χ2n) is 7.99. The Morgan fingerprint density at radius 2 is 2.06 bits per heavy atom. The highest BCUT2D eigenvalue weighted by molar-refractivity contribution is 7.93. The van der Waals surface area contributed by atoms with Crippen molar-refractivity contribution >= 4 is 21.5 Å². The van der Waals surface area contributed by atoms with Crippen molar-refractivity contribution in [2.75, 3.05) is 26.0 Å². The van der Waals surface area contributed by atoms with Crippen LogP contribution in [0.15, 0.2) is 33.2 Å². The Kier molecular flexibility index (Phi) is 6.24. The monoisotopic (exact) mass is 445 g/mol. The molecule has 4 rings (SSSR count). The molecule has 0 saturated carbocycles. The van der Waals surface area contributed by atoms with Crippen molar-refractivity contribution in [3.63, 3.8) is 0 Å². The van der Waals surface area contributed by atoms with Gasteiger partial charge >= 0.3 is 5.91 Å². The molecular formula is C22H27N3O5S. The Bertz CT molecular complexity index is 1110. The molecular weight excluding hydrogens is 418 g/mol. The molecule has 2 aromatic rings. The summed E-state index contributed by atoms with van der Waals surface area (Å²) in [7, 11) is -2.76. The number of piperidine rings is 1. The molecule has 1 atom stereocenters. The van der Waals surface area contributed by atoms with E-state index in [-0.39, 0.29) is 16.9 Å². The second kappa shape index (κ2) is 8.92. The minimum absolute atomic E-state index is 0.141. The quantitative estimate of drug-likeness (QED) is 0.717. The van der Waals surface area contributed by atoms with E-state index in [1.165, 1.54) is 6.26 Å². The lowest BCUT2D eigenvalue weighted by Gasteiger charge is -2.32. The Morgan fingerprint density at radius 1 is 1.29 bits per heavy atom. The first-order chi connectivity index (χ1) is 14.9. The van der Waals surface area contributed by atoms with E-state index in [0.717, 1.165) is 16.8 Å². The predicted molar refractivity (Wildman–Crippen MR) is 115 cm³/mol. The molecule has 166 valence electrons. The molecule has 0 N–H and O–H groups in total. The summed E-state index contributed by atoms with van der Waals surface area (Å²) in [5.41, 5.74) is 2.87. The van der Waals surface area contributed by atoms with Gasteiger partial charge in [0.2, 0.25) is 0 Å². The third-order valence-corrected chi connectivity index (χ3v) is 8.17. The molecule has 2 aromatic heterocycles. The number of aryl methyl sites for hydroxylation is 1. The molecule has 9 heteroatoms. The molecule has 1 unspecified atom stereocenters. The van der Waals surface area contributed by atoms with E-state index in [0.29, 0.717) is 57.7 Å². The van der Waals surface area contributed by atoms with Crippen LogP contribution in [0.4, 0.5) is 0 Å². The van der Waals surface area contributed by atoms with Crippen LogP contribution in [0.3, 0.4) is 0 Å². The molecule has 0 aliphatic carbocycles. The molecule has 2 amide bonds. The average Bonchev–Trinajstić information content (AvgIpc) is 3.22. The first-order valence-electron chi connectivity index (χ1n) is 10.6. The van der Waals surface area contributed by atoms with Gasteiger partial charge in [0.05, 0.1) is 29.2 Å². The lowest BCUT2D eigenvalue weighted by atomic mass is 10.0. The molecule has 2 aliphatic heterocycles. The van der Waals surface area contributed by atoms with Crippen LogP contribution in [0.25, 0.3) is 0 Å². The lowest BCUT2D eigenvalue weighted by Crippen LogP contribution is -2.42. The summed E-state index contributed by atoms with van der Waals surface area (Å²) >= 11 is 0. The van der Waals surface area contributed by atoms with E-state index in [4.69, 9.17) is 9.15 Å². The average molecular weight is 446 g/mol. The molecule has 31 heavy (non-hydrogen) atoms. The normalized spacial score (nSPS) is 18.8. The highest BCUT2D eigenvalue weighted by Gasteiger charge is 2.32. The van der Waals surface area contributed by atoms with Gasteiger partial charge < -0.3 is 14.1 Å². The van der Waals surface area contributed by atoms with Gasteiger partial charge in [-0.3, -0.25) is 9.59 Å². The zero-order valence-electron chi connectivity index (χ0n) is 17.8. The van der Waals surface area contributed by atoms with Crippen molar-refractivity contribution in [1.29, 1.82) is 0 Å². The van der Waals surface area contributed by atoms with Crippen molar-refractivity contribution in [3.8, 4) is 0 Å². The number of fused-ring (bicyclic) bond motifs is 1. The van der Waals surface area contributed by atoms with E-state index < -0.39 is 15.6 Å². The molecule has 2 aliphatic rings. The number of pyridine rings is 1. The maximum atomic E-state index is 13.2. The van der Waals surface area contributed by atoms with Crippen molar-refractivity contribution in [1.82, 2.24) is 9.88 Å². The van der Waals surface area contributed by atoms with Crippen LogP contribution in [0, 0.1) is 0 Å².